The standard InChI is InChI=1S/C17H27NO.H2/c1-4-7-11-15-14(6-3)10-9-12-16(15)18-17(19)13-8-5-2;/h9-10,12H,4-8,11,13H2,1-3H3,(H,18,19);1H. The molecule has 1 aromatic carbocycles. The summed E-state index contributed by atoms with van der Waals surface area (Å²) >= 11 is 0. The van der Waals surface area contributed by atoms with Gasteiger partial charge < -0.3 is 5.32 Å². The summed E-state index contributed by atoms with van der Waals surface area (Å²) in [6.45, 7) is 6.49. The van der Waals surface area contributed by atoms with E-state index < -0.39 is 0 Å². The number of benzene rings is 1. The molecular formula is C17H29NO. The molecule has 0 atom stereocenters. The van der Waals surface area contributed by atoms with Gasteiger partial charge in [-0.1, -0.05) is 45.7 Å². The summed E-state index contributed by atoms with van der Waals surface area (Å²) < 4.78 is 0. The van der Waals surface area contributed by atoms with Gasteiger partial charge in [-0.2, -0.15) is 0 Å². The number of amides is 1. The van der Waals surface area contributed by atoms with Crippen LogP contribution in [0.2, 0.25) is 0 Å². The van der Waals surface area contributed by atoms with Crippen LogP contribution < -0.4 is 5.32 Å². The van der Waals surface area contributed by atoms with Crippen LogP contribution in [0, 0.1) is 0 Å². The molecule has 0 saturated heterocycles. The van der Waals surface area contributed by atoms with Crippen LogP contribution in [0.25, 0.3) is 0 Å². The number of rotatable bonds is 8. The van der Waals surface area contributed by atoms with Crippen molar-refractivity contribution in [3.63, 3.8) is 0 Å². The number of nitrogens with one attached hydrogen (secondary N) is 1. The fourth-order valence-corrected chi connectivity index (χ4v) is 2.28. The van der Waals surface area contributed by atoms with Crippen LogP contribution in [0.15, 0.2) is 18.2 Å². The van der Waals surface area contributed by atoms with Gasteiger partial charge >= 0.3 is 0 Å². The van der Waals surface area contributed by atoms with E-state index in [0.29, 0.717) is 6.42 Å². The van der Waals surface area contributed by atoms with Crippen molar-refractivity contribution in [1.82, 2.24) is 0 Å². The first kappa shape index (κ1) is 15.7. The fourth-order valence-electron chi connectivity index (χ4n) is 2.28. The molecule has 0 bridgehead atoms. The SMILES string of the molecule is CCCCC(=O)Nc1cccc(CC)c1CCCC.[HH]. The van der Waals surface area contributed by atoms with Crippen LogP contribution in [0.5, 0.6) is 0 Å². The minimum atomic E-state index is 0. The van der Waals surface area contributed by atoms with E-state index in [2.05, 4.69) is 32.2 Å². The van der Waals surface area contributed by atoms with Crippen LogP contribution >= 0.6 is 0 Å². The predicted molar refractivity (Wildman–Crippen MR) is 84.7 cm³/mol. The van der Waals surface area contributed by atoms with Gasteiger partial charge in [-0.15, -0.1) is 0 Å². The first-order valence-electron chi connectivity index (χ1n) is 7.63. The number of carbonyl (C=O) groups excluding carboxylic acids is 1. The number of aryl methyl sites for hydroxylation is 1. The summed E-state index contributed by atoms with van der Waals surface area (Å²) in [5.41, 5.74) is 3.72. The lowest BCUT2D eigenvalue weighted by molar-refractivity contribution is -0.116. The smallest absolute Gasteiger partial charge is 0.224 e. The molecule has 0 fully saturated rings. The monoisotopic (exact) mass is 263 g/mol. The summed E-state index contributed by atoms with van der Waals surface area (Å²) in [5.74, 6) is 0.146. The molecule has 0 aliphatic rings. The van der Waals surface area contributed by atoms with Gasteiger partial charge in [-0.05, 0) is 42.9 Å². The van der Waals surface area contributed by atoms with Gasteiger partial charge in [-0.3, -0.25) is 4.79 Å². The van der Waals surface area contributed by atoms with Crippen LogP contribution in [0.1, 0.15) is 65.4 Å². The maximum Gasteiger partial charge on any atom is 0.224 e. The highest BCUT2D eigenvalue weighted by Crippen LogP contribution is 2.23. The Kier molecular flexibility index (Phi) is 7.24. The Labute approximate surface area is 119 Å². The van der Waals surface area contributed by atoms with Crippen molar-refractivity contribution in [2.75, 3.05) is 5.32 Å². The molecule has 0 aromatic heterocycles. The first-order valence-corrected chi connectivity index (χ1v) is 7.63. The van der Waals surface area contributed by atoms with E-state index in [1.807, 2.05) is 12.1 Å². The molecule has 2 heteroatoms. The summed E-state index contributed by atoms with van der Waals surface area (Å²) in [6.07, 6.45) is 7.09. The molecule has 0 spiro atoms. The minimum absolute atomic E-state index is 0. The van der Waals surface area contributed by atoms with Crippen molar-refractivity contribution in [3.8, 4) is 0 Å². The molecule has 0 aliphatic carbocycles. The Morgan fingerprint density at radius 1 is 1.16 bits per heavy atom. The van der Waals surface area contributed by atoms with Crippen LogP contribution in [-0.2, 0) is 17.6 Å². The maximum absolute atomic E-state index is 11.9. The highest BCUT2D eigenvalue weighted by atomic mass is 16.1. The van der Waals surface area contributed by atoms with Gasteiger partial charge in [-0.25, -0.2) is 0 Å². The highest BCUT2D eigenvalue weighted by Gasteiger charge is 2.09. The van der Waals surface area contributed by atoms with Gasteiger partial charge in [0.1, 0.15) is 0 Å². The van der Waals surface area contributed by atoms with Crippen molar-refractivity contribution in [2.24, 2.45) is 0 Å². The van der Waals surface area contributed by atoms with Crippen LogP contribution in [0.3, 0.4) is 0 Å². The van der Waals surface area contributed by atoms with Crippen molar-refractivity contribution < 1.29 is 6.22 Å². The Hall–Kier alpha value is -1.31. The quantitative estimate of drug-likeness (QED) is 0.705. The second kappa shape index (κ2) is 8.73. The fraction of sp³-hybridized carbons (Fsp3) is 0.588. The first-order chi connectivity index (χ1) is 9.22. The topological polar surface area (TPSA) is 29.1 Å². The second-order valence-corrected chi connectivity index (χ2v) is 5.05. The van der Waals surface area contributed by atoms with Crippen molar-refractivity contribution >= 4 is 11.6 Å². The molecule has 0 aliphatic heterocycles. The third kappa shape index (κ3) is 5.06. The lowest BCUT2D eigenvalue weighted by Gasteiger charge is -2.14. The van der Waals surface area contributed by atoms with Crippen molar-refractivity contribution in [3.05, 3.63) is 29.3 Å². The Morgan fingerprint density at radius 3 is 2.53 bits per heavy atom. The molecule has 0 heterocycles. The van der Waals surface area contributed by atoms with Gasteiger partial charge in [0.25, 0.3) is 0 Å². The summed E-state index contributed by atoms with van der Waals surface area (Å²) in [4.78, 5) is 11.9. The van der Waals surface area contributed by atoms with E-state index in [9.17, 15) is 4.79 Å². The zero-order valence-electron chi connectivity index (χ0n) is 12.6. The molecule has 0 radical (unpaired) electrons. The Balaban J connectivity index is 0.00000361. The van der Waals surface area contributed by atoms with E-state index in [1.165, 1.54) is 24.0 Å². The Morgan fingerprint density at radius 2 is 1.89 bits per heavy atom. The third-order valence-corrected chi connectivity index (χ3v) is 3.47. The van der Waals surface area contributed by atoms with E-state index in [4.69, 9.17) is 0 Å². The van der Waals surface area contributed by atoms with E-state index in [-0.39, 0.29) is 7.33 Å². The van der Waals surface area contributed by atoms with Crippen molar-refractivity contribution in [2.45, 2.75) is 65.7 Å². The predicted octanol–water partition coefficient (Wildman–Crippen LogP) is 4.97. The maximum atomic E-state index is 11.9. The zero-order valence-corrected chi connectivity index (χ0v) is 12.6. The van der Waals surface area contributed by atoms with Gasteiger partial charge in [0.05, 0.1) is 0 Å². The average molecular weight is 263 g/mol. The average Bonchev–Trinajstić information content (AvgIpc) is 2.43. The molecule has 108 valence electrons. The van der Waals surface area contributed by atoms with Gasteiger partial charge in [0.15, 0.2) is 0 Å². The number of unbranched alkanes of at least 4 members (excludes halogenated alkanes) is 2. The molecule has 1 N–H and O–H groups in total. The largest absolute Gasteiger partial charge is 0.326 e. The highest BCUT2D eigenvalue weighted by molar-refractivity contribution is 5.91. The number of hydrogen-bond donors (Lipinski definition) is 1. The molecule has 0 unspecified atom stereocenters. The normalized spacial score (nSPS) is 10.5. The lowest BCUT2D eigenvalue weighted by atomic mass is 9.98. The summed E-state index contributed by atoms with van der Waals surface area (Å²) in [6, 6.07) is 6.25. The molecule has 19 heavy (non-hydrogen) atoms. The number of hydrogen-bond acceptors (Lipinski definition) is 1. The van der Waals surface area contributed by atoms with Crippen LogP contribution in [-0.4, -0.2) is 5.91 Å². The molecule has 1 aromatic rings. The molecule has 0 saturated carbocycles. The molecule has 1 rings (SSSR count). The zero-order chi connectivity index (χ0) is 14.1. The van der Waals surface area contributed by atoms with Crippen LogP contribution in [0.4, 0.5) is 5.69 Å². The van der Waals surface area contributed by atoms with E-state index in [1.54, 1.807) is 0 Å². The minimum Gasteiger partial charge on any atom is -0.326 e. The molecule has 1 amide bonds. The second-order valence-electron chi connectivity index (χ2n) is 5.05. The van der Waals surface area contributed by atoms with Gasteiger partial charge in [0, 0.05) is 13.5 Å². The molecule has 2 nitrogen and oxygen atoms in total. The van der Waals surface area contributed by atoms with Gasteiger partial charge in [0.2, 0.25) is 5.91 Å². The third-order valence-electron chi connectivity index (χ3n) is 3.47. The number of anilines is 1. The lowest BCUT2D eigenvalue weighted by Crippen LogP contribution is -2.13. The Bertz CT molecular complexity index is 404. The number of carbonyl (C=O) groups is 1. The van der Waals surface area contributed by atoms with E-state index in [0.717, 1.165) is 31.4 Å². The summed E-state index contributed by atoms with van der Waals surface area (Å²) in [5, 5.41) is 3.09. The summed E-state index contributed by atoms with van der Waals surface area (Å²) in [7, 11) is 0. The molecular weight excluding hydrogens is 234 g/mol. The van der Waals surface area contributed by atoms with Crippen molar-refractivity contribution in [1.29, 1.82) is 0 Å². The van der Waals surface area contributed by atoms with E-state index >= 15 is 0 Å².